The fraction of sp³-hybridized carbons (Fsp3) is 0.208. The molecule has 3 aromatic carbocycles. The Morgan fingerprint density at radius 2 is 1.64 bits per heavy atom. The van der Waals surface area contributed by atoms with E-state index < -0.39 is 15.7 Å². The van der Waals surface area contributed by atoms with Crippen molar-refractivity contribution in [2.45, 2.75) is 30.1 Å². The molecule has 0 atom stereocenters. The Balaban J connectivity index is 2.32. The van der Waals surface area contributed by atoms with Crippen molar-refractivity contribution in [3.63, 3.8) is 0 Å². The Bertz CT molecular complexity index is 1300. The number of methoxy groups -OCH3 is 2. The molecule has 8 nitrogen and oxygen atoms in total. The second-order valence-corrected chi connectivity index (χ2v) is 9.38. The van der Waals surface area contributed by atoms with Crippen molar-refractivity contribution in [2.24, 2.45) is 0 Å². The lowest BCUT2D eigenvalue weighted by Crippen LogP contribution is -2.26. The van der Waals surface area contributed by atoms with E-state index in [-0.39, 0.29) is 33.0 Å². The quantitative estimate of drug-likeness (QED) is 0.274. The topological polar surface area (TPSA) is 128 Å². The smallest absolute Gasteiger partial charge is 0.276 e. The zero-order chi connectivity index (χ0) is 24.3. The number of nitrogen functional groups attached to an aromatic ring is 1. The van der Waals surface area contributed by atoms with Crippen LogP contribution in [-0.2, 0) is 16.3 Å². The lowest BCUT2D eigenvalue weighted by Gasteiger charge is -2.21. The van der Waals surface area contributed by atoms with Crippen LogP contribution >= 0.6 is 0 Å². The molecule has 0 aromatic heterocycles. The number of hydrogen-bond acceptors (Lipinski definition) is 7. The van der Waals surface area contributed by atoms with Gasteiger partial charge in [0.15, 0.2) is 0 Å². The van der Waals surface area contributed by atoms with Crippen molar-refractivity contribution in [3.8, 4) is 11.5 Å². The molecule has 0 heterocycles. The zero-order valence-corrected chi connectivity index (χ0v) is 19.6. The van der Waals surface area contributed by atoms with Gasteiger partial charge in [-0.2, -0.15) is 0 Å². The molecule has 0 bridgehead atoms. The molecule has 0 aliphatic carbocycles. The lowest BCUT2D eigenvalue weighted by molar-refractivity contribution is 0.0701. The maximum absolute atomic E-state index is 13.7. The summed E-state index contributed by atoms with van der Waals surface area (Å²) in [6, 6.07) is 13.0. The van der Waals surface area contributed by atoms with Crippen LogP contribution in [0.5, 0.6) is 11.5 Å². The maximum atomic E-state index is 13.7. The van der Waals surface area contributed by atoms with Crippen LogP contribution in [0.15, 0.2) is 58.3 Å². The van der Waals surface area contributed by atoms with E-state index in [2.05, 4.69) is 0 Å². The standard InChI is InChI=1S/C24H26N2O6S/c1-14-20(13-16-6-5-7-18(12-16)32-4)21(24(27)26-28)23(15(2)22(14)25)33(29,30)19-10-8-17(31-3)9-11-19/h5-12,28H,13,25H2,1-4H3,(H,26,27). The third kappa shape index (κ3) is 4.50. The van der Waals surface area contributed by atoms with Crippen molar-refractivity contribution < 1.29 is 27.9 Å². The molecule has 174 valence electrons. The largest absolute Gasteiger partial charge is 0.497 e. The predicted octanol–water partition coefficient (Wildman–Crippen LogP) is 3.45. The van der Waals surface area contributed by atoms with Crippen LogP contribution in [0.25, 0.3) is 0 Å². The van der Waals surface area contributed by atoms with E-state index in [0.717, 1.165) is 5.56 Å². The number of nitrogens with two attached hydrogens (primary N) is 1. The second-order valence-electron chi connectivity index (χ2n) is 7.49. The fourth-order valence-corrected chi connectivity index (χ4v) is 5.52. The van der Waals surface area contributed by atoms with E-state index in [1.165, 1.54) is 31.4 Å². The molecule has 4 N–H and O–H groups in total. The minimum Gasteiger partial charge on any atom is -0.497 e. The van der Waals surface area contributed by atoms with E-state index >= 15 is 0 Å². The third-order valence-electron chi connectivity index (χ3n) is 5.61. The lowest BCUT2D eigenvalue weighted by atomic mass is 9.91. The molecule has 0 radical (unpaired) electrons. The number of benzene rings is 3. The second kappa shape index (κ2) is 9.51. The van der Waals surface area contributed by atoms with Crippen LogP contribution in [0.3, 0.4) is 0 Å². The molecule has 0 fully saturated rings. The maximum Gasteiger partial charge on any atom is 0.276 e. The SMILES string of the molecule is COc1ccc(S(=O)(=O)c2c(C)c(N)c(C)c(Cc3cccc(OC)c3)c2C(=O)NO)cc1. The van der Waals surface area contributed by atoms with Gasteiger partial charge < -0.3 is 15.2 Å². The molecule has 1 amide bonds. The Hall–Kier alpha value is -3.56. The summed E-state index contributed by atoms with van der Waals surface area (Å²) in [6.45, 7) is 3.26. The van der Waals surface area contributed by atoms with Gasteiger partial charge in [0.25, 0.3) is 5.91 Å². The van der Waals surface area contributed by atoms with Gasteiger partial charge in [-0.25, -0.2) is 13.9 Å². The summed E-state index contributed by atoms with van der Waals surface area (Å²) < 4.78 is 37.7. The highest BCUT2D eigenvalue weighted by atomic mass is 32.2. The van der Waals surface area contributed by atoms with Gasteiger partial charge in [-0.3, -0.25) is 10.0 Å². The van der Waals surface area contributed by atoms with Crippen molar-refractivity contribution in [1.29, 1.82) is 0 Å². The highest BCUT2D eigenvalue weighted by Crippen LogP contribution is 2.37. The van der Waals surface area contributed by atoms with Crippen molar-refractivity contribution in [3.05, 3.63) is 76.3 Å². The van der Waals surface area contributed by atoms with Crippen LogP contribution < -0.4 is 20.7 Å². The minimum atomic E-state index is -4.18. The number of hydroxylamine groups is 1. The first-order valence-electron chi connectivity index (χ1n) is 10.0. The highest BCUT2D eigenvalue weighted by Gasteiger charge is 2.32. The number of ether oxygens (including phenoxy) is 2. The average molecular weight is 471 g/mol. The fourth-order valence-electron chi connectivity index (χ4n) is 3.79. The Kier molecular flexibility index (Phi) is 6.95. The summed E-state index contributed by atoms with van der Waals surface area (Å²) in [5.41, 5.74) is 9.99. The van der Waals surface area contributed by atoms with E-state index in [4.69, 9.17) is 15.2 Å². The average Bonchev–Trinajstić information content (AvgIpc) is 2.83. The zero-order valence-electron chi connectivity index (χ0n) is 18.8. The number of sulfone groups is 1. The molecule has 0 saturated heterocycles. The summed E-state index contributed by atoms with van der Waals surface area (Å²) >= 11 is 0. The number of carbonyl (C=O) groups is 1. The Morgan fingerprint density at radius 3 is 2.21 bits per heavy atom. The predicted molar refractivity (Wildman–Crippen MR) is 124 cm³/mol. The number of carbonyl (C=O) groups excluding carboxylic acids is 1. The van der Waals surface area contributed by atoms with Gasteiger partial charge in [0.1, 0.15) is 11.5 Å². The van der Waals surface area contributed by atoms with Crippen molar-refractivity contribution in [2.75, 3.05) is 20.0 Å². The number of hydrogen-bond donors (Lipinski definition) is 3. The number of anilines is 1. The first kappa shape index (κ1) is 24.1. The molecule has 0 saturated carbocycles. The summed E-state index contributed by atoms with van der Waals surface area (Å²) in [7, 11) is -1.16. The van der Waals surface area contributed by atoms with E-state index in [1.54, 1.807) is 44.6 Å². The van der Waals surface area contributed by atoms with E-state index in [0.29, 0.717) is 22.6 Å². The van der Waals surface area contributed by atoms with Gasteiger partial charge in [0.2, 0.25) is 9.84 Å². The first-order chi connectivity index (χ1) is 15.6. The van der Waals surface area contributed by atoms with Gasteiger partial charge >= 0.3 is 0 Å². The van der Waals surface area contributed by atoms with E-state index in [1.807, 2.05) is 6.07 Å². The Morgan fingerprint density at radius 1 is 1.00 bits per heavy atom. The third-order valence-corrected chi connectivity index (χ3v) is 7.55. The van der Waals surface area contributed by atoms with Gasteiger partial charge in [-0.05, 0) is 78.9 Å². The highest BCUT2D eigenvalue weighted by molar-refractivity contribution is 7.91. The number of rotatable bonds is 7. The Labute approximate surface area is 192 Å². The monoisotopic (exact) mass is 470 g/mol. The van der Waals surface area contributed by atoms with Crippen LogP contribution in [0.2, 0.25) is 0 Å². The molecule has 0 aliphatic heterocycles. The summed E-state index contributed by atoms with van der Waals surface area (Å²) in [4.78, 5) is 12.6. The molecule has 3 aromatic rings. The van der Waals surface area contributed by atoms with Crippen molar-refractivity contribution >= 4 is 21.4 Å². The summed E-state index contributed by atoms with van der Waals surface area (Å²) in [5, 5.41) is 9.48. The van der Waals surface area contributed by atoms with Gasteiger partial charge in [0.05, 0.1) is 29.6 Å². The summed E-state index contributed by atoms with van der Waals surface area (Å²) in [6.07, 6.45) is 0.196. The van der Waals surface area contributed by atoms with Crippen molar-refractivity contribution in [1.82, 2.24) is 5.48 Å². The van der Waals surface area contributed by atoms with Crippen LogP contribution in [0.1, 0.15) is 32.6 Å². The number of nitrogens with one attached hydrogen (secondary N) is 1. The summed E-state index contributed by atoms with van der Waals surface area (Å²) in [5.74, 6) is 0.164. The van der Waals surface area contributed by atoms with Gasteiger partial charge in [0, 0.05) is 5.69 Å². The van der Waals surface area contributed by atoms with E-state index in [9.17, 15) is 18.4 Å². The van der Waals surface area contributed by atoms with Crippen LogP contribution in [0.4, 0.5) is 5.69 Å². The number of amides is 1. The molecule has 33 heavy (non-hydrogen) atoms. The van der Waals surface area contributed by atoms with Crippen LogP contribution in [0, 0.1) is 13.8 Å². The molecular formula is C24H26N2O6S. The van der Waals surface area contributed by atoms with Gasteiger partial charge in [-0.15, -0.1) is 0 Å². The van der Waals surface area contributed by atoms with Crippen LogP contribution in [-0.4, -0.2) is 33.8 Å². The molecule has 0 spiro atoms. The minimum absolute atomic E-state index is 0.0334. The molecule has 0 aliphatic rings. The first-order valence-corrected chi connectivity index (χ1v) is 11.5. The normalized spacial score (nSPS) is 11.2. The molecular weight excluding hydrogens is 444 g/mol. The molecule has 3 rings (SSSR count). The van der Waals surface area contributed by atoms with Gasteiger partial charge in [-0.1, -0.05) is 12.1 Å². The molecule has 0 unspecified atom stereocenters. The molecule has 9 heteroatoms.